The number of H-pyrrole nitrogens is 1. The van der Waals surface area contributed by atoms with Crippen molar-refractivity contribution in [2.24, 2.45) is 5.84 Å². The van der Waals surface area contributed by atoms with Gasteiger partial charge in [-0.05, 0) is 18.6 Å². The molecule has 1 heterocycles. The van der Waals surface area contributed by atoms with Crippen molar-refractivity contribution in [2.75, 3.05) is 0 Å². The van der Waals surface area contributed by atoms with Gasteiger partial charge in [0.05, 0.1) is 10.3 Å². The van der Waals surface area contributed by atoms with Crippen LogP contribution in [0.3, 0.4) is 0 Å². The Labute approximate surface area is 110 Å². The molecule has 5 heteroatoms. The van der Waals surface area contributed by atoms with Gasteiger partial charge >= 0.3 is 0 Å². The van der Waals surface area contributed by atoms with Crippen LogP contribution in [-0.2, 0) is 4.79 Å². The number of rotatable bonds is 5. The average molecular weight is 263 g/mol. The van der Waals surface area contributed by atoms with Crippen LogP contribution in [0.4, 0.5) is 0 Å². The van der Waals surface area contributed by atoms with Crippen molar-refractivity contribution in [3.8, 4) is 0 Å². The Morgan fingerprint density at radius 2 is 2.28 bits per heavy atom. The highest BCUT2D eigenvalue weighted by Crippen LogP contribution is 2.28. The van der Waals surface area contributed by atoms with Gasteiger partial charge in [-0.25, -0.2) is 5.84 Å². The molecule has 0 aliphatic rings. The topological polar surface area (TPSA) is 70.9 Å². The number of carbonyl (C=O) groups is 1. The first-order valence-corrected chi connectivity index (χ1v) is 6.87. The van der Waals surface area contributed by atoms with E-state index in [0.717, 1.165) is 28.8 Å². The molecule has 4 nitrogen and oxygen atoms in total. The monoisotopic (exact) mass is 263 g/mol. The fraction of sp³-hybridized carbons (Fsp3) is 0.308. The van der Waals surface area contributed by atoms with Gasteiger partial charge in [-0.3, -0.25) is 10.2 Å². The van der Waals surface area contributed by atoms with E-state index in [2.05, 4.69) is 23.4 Å². The number of hydrogen-bond acceptors (Lipinski definition) is 3. The number of nitrogens with one attached hydrogen (secondary N) is 2. The zero-order chi connectivity index (χ0) is 13.0. The number of thioether (sulfide) groups is 1. The zero-order valence-corrected chi connectivity index (χ0v) is 11.1. The molecule has 96 valence electrons. The van der Waals surface area contributed by atoms with E-state index in [1.165, 1.54) is 11.8 Å². The minimum absolute atomic E-state index is 0.125. The number of carbonyl (C=O) groups excluding carboxylic acids is 1. The van der Waals surface area contributed by atoms with Gasteiger partial charge in [-0.2, -0.15) is 0 Å². The van der Waals surface area contributed by atoms with Crippen molar-refractivity contribution in [3.63, 3.8) is 0 Å². The van der Waals surface area contributed by atoms with Crippen molar-refractivity contribution in [3.05, 3.63) is 30.3 Å². The smallest absolute Gasteiger partial charge is 0.247 e. The molecule has 0 saturated carbocycles. The zero-order valence-electron chi connectivity index (χ0n) is 10.3. The van der Waals surface area contributed by atoms with Crippen LogP contribution in [0, 0.1) is 0 Å². The molecule has 0 aliphatic heterocycles. The van der Waals surface area contributed by atoms with Gasteiger partial charge in [0.1, 0.15) is 0 Å². The van der Waals surface area contributed by atoms with Crippen molar-refractivity contribution in [1.82, 2.24) is 10.4 Å². The number of fused-ring (bicyclic) bond motifs is 1. The second-order valence-electron chi connectivity index (χ2n) is 4.12. The Morgan fingerprint density at radius 3 is 2.94 bits per heavy atom. The number of amides is 1. The Kier molecular flexibility index (Phi) is 4.28. The molecule has 2 rings (SSSR count). The molecule has 4 N–H and O–H groups in total. The van der Waals surface area contributed by atoms with Crippen LogP contribution in [0.15, 0.2) is 35.4 Å². The molecule has 0 bridgehead atoms. The van der Waals surface area contributed by atoms with Crippen molar-refractivity contribution < 1.29 is 4.79 Å². The summed E-state index contributed by atoms with van der Waals surface area (Å²) >= 11 is 1.52. The molecule has 18 heavy (non-hydrogen) atoms. The summed E-state index contributed by atoms with van der Waals surface area (Å²) < 4.78 is 0. The largest absolute Gasteiger partial charge is 0.350 e. The quantitative estimate of drug-likeness (QED) is 0.336. The summed E-state index contributed by atoms with van der Waals surface area (Å²) in [5.41, 5.74) is 3.32. The summed E-state index contributed by atoms with van der Waals surface area (Å²) in [4.78, 5) is 15.0. The minimum atomic E-state index is -0.145. The number of hydrogen-bond donors (Lipinski definition) is 3. The molecule has 1 atom stereocenters. The maximum Gasteiger partial charge on any atom is 0.247 e. The first-order valence-electron chi connectivity index (χ1n) is 5.99. The number of nitrogens with two attached hydrogens (primary N) is 1. The number of benzene rings is 1. The number of aromatic nitrogens is 1. The van der Waals surface area contributed by atoms with E-state index in [1.807, 2.05) is 24.3 Å². The summed E-state index contributed by atoms with van der Waals surface area (Å²) in [6, 6.07) is 10.1. The van der Waals surface area contributed by atoms with Gasteiger partial charge in [0, 0.05) is 10.9 Å². The molecule has 0 saturated heterocycles. The van der Waals surface area contributed by atoms with Crippen LogP contribution in [0.2, 0.25) is 0 Å². The first-order chi connectivity index (χ1) is 8.74. The molecular formula is C13H17N3OS. The van der Waals surface area contributed by atoms with Gasteiger partial charge in [-0.15, -0.1) is 0 Å². The molecule has 0 fully saturated rings. The van der Waals surface area contributed by atoms with E-state index >= 15 is 0 Å². The van der Waals surface area contributed by atoms with E-state index < -0.39 is 0 Å². The predicted molar refractivity (Wildman–Crippen MR) is 75.2 cm³/mol. The highest BCUT2D eigenvalue weighted by Gasteiger charge is 2.18. The van der Waals surface area contributed by atoms with Crippen molar-refractivity contribution >= 4 is 28.6 Å². The number of aromatic amines is 1. The normalized spacial score (nSPS) is 12.6. The van der Waals surface area contributed by atoms with Crippen LogP contribution in [0.1, 0.15) is 19.8 Å². The standard InChI is InChI=1S/C13H17N3OS/c1-2-5-11(13(17)16-14)18-12-8-9-6-3-4-7-10(9)15-12/h3-4,6-8,11,15H,2,5,14H2,1H3,(H,16,17). The predicted octanol–water partition coefficient (Wildman–Crippen LogP) is 2.42. The lowest BCUT2D eigenvalue weighted by Gasteiger charge is -2.12. The highest BCUT2D eigenvalue weighted by atomic mass is 32.2. The fourth-order valence-corrected chi connectivity index (χ4v) is 3.06. The third kappa shape index (κ3) is 2.86. The SMILES string of the molecule is CCCC(Sc1cc2ccccc2[nH]1)C(=O)NN. The Hall–Kier alpha value is -1.46. The van der Waals surface area contributed by atoms with E-state index in [1.54, 1.807) is 0 Å². The Morgan fingerprint density at radius 1 is 1.50 bits per heavy atom. The number of hydrazine groups is 1. The summed E-state index contributed by atoms with van der Waals surface area (Å²) in [6.45, 7) is 2.06. The average Bonchev–Trinajstić information content (AvgIpc) is 2.79. The van der Waals surface area contributed by atoms with E-state index in [0.29, 0.717) is 0 Å². The molecule has 0 spiro atoms. The van der Waals surface area contributed by atoms with Crippen molar-refractivity contribution in [2.45, 2.75) is 30.0 Å². The fourth-order valence-electron chi connectivity index (χ4n) is 1.86. The van der Waals surface area contributed by atoms with Crippen LogP contribution < -0.4 is 11.3 Å². The molecule has 0 radical (unpaired) electrons. The molecule has 2 aromatic rings. The lowest BCUT2D eigenvalue weighted by atomic mass is 10.2. The van der Waals surface area contributed by atoms with Gasteiger partial charge in [-0.1, -0.05) is 43.3 Å². The van der Waals surface area contributed by atoms with E-state index in [9.17, 15) is 4.79 Å². The second kappa shape index (κ2) is 5.93. The minimum Gasteiger partial charge on any atom is -0.350 e. The highest BCUT2D eigenvalue weighted by molar-refractivity contribution is 8.00. The summed E-state index contributed by atoms with van der Waals surface area (Å²) in [6.07, 6.45) is 1.76. The maximum atomic E-state index is 11.7. The van der Waals surface area contributed by atoms with Gasteiger partial charge in [0.2, 0.25) is 5.91 Å². The maximum absolute atomic E-state index is 11.7. The lowest BCUT2D eigenvalue weighted by molar-refractivity contribution is -0.120. The van der Waals surface area contributed by atoms with Crippen molar-refractivity contribution in [1.29, 1.82) is 0 Å². The van der Waals surface area contributed by atoms with Crippen LogP contribution in [-0.4, -0.2) is 16.1 Å². The molecule has 1 aromatic carbocycles. The second-order valence-corrected chi connectivity index (χ2v) is 5.37. The Balaban J connectivity index is 2.17. The van der Waals surface area contributed by atoms with Crippen LogP contribution >= 0.6 is 11.8 Å². The third-order valence-electron chi connectivity index (χ3n) is 2.76. The first kappa shape index (κ1) is 13.0. The molecule has 0 aliphatic carbocycles. The van der Waals surface area contributed by atoms with Gasteiger partial charge < -0.3 is 4.98 Å². The summed E-state index contributed by atoms with van der Waals surface area (Å²) in [5.74, 6) is 5.08. The Bertz CT molecular complexity index is 505. The molecule has 1 unspecified atom stereocenters. The lowest BCUT2D eigenvalue weighted by Crippen LogP contribution is -2.37. The van der Waals surface area contributed by atoms with Crippen LogP contribution in [0.25, 0.3) is 10.9 Å². The molecule has 1 aromatic heterocycles. The summed E-state index contributed by atoms with van der Waals surface area (Å²) in [7, 11) is 0. The van der Waals surface area contributed by atoms with Gasteiger partial charge in [0.25, 0.3) is 0 Å². The van der Waals surface area contributed by atoms with Crippen LogP contribution in [0.5, 0.6) is 0 Å². The van der Waals surface area contributed by atoms with E-state index in [-0.39, 0.29) is 11.2 Å². The molecule has 1 amide bonds. The van der Waals surface area contributed by atoms with Gasteiger partial charge in [0.15, 0.2) is 0 Å². The van der Waals surface area contributed by atoms with E-state index in [4.69, 9.17) is 5.84 Å². The number of para-hydroxylation sites is 1. The molecular weight excluding hydrogens is 246 g/mol. The third-order valence-corrected chi connectivity index (χ3v) is 3.97. The summed E-state index contributed by atoms with van der Waals surface area (Å²) in [5, 5.41) is 2.01.